The van der Waals surface area contributed by atoms with Gasteiger partial charge in [0.15, 0.2) is 5.75 Å². The predicted molar refractivity (Wildman–Crippen MR) is 68.4 cm³/mol. The second-order valence-corrected chi connectivity index (χ2v) is 5.19. The molecule has 0 aromatic heterocycles. The first-order valence-electron chi connectivity index (χ1n) is 6.34. The van der Waals surface area contributed by atoms with E-state index in [1.165, 1.54) is 25.7 Å². The lowest BCUT2D eigenvalue weighted by atomic mass is 9.79. The van der Waals surface area contributed by atoms with Crippen LogP contribution < -0.4 is 0 Å². The maximum atomic E-state index is 11.8. The van der Waals surface area contributed by atoms with Gasteiger partial charge in [-0.1, -0.05) is 64.7 Å². The van der Waals surface area contributed by atoms with E-state index in [2.05, 4.69) is 20.8 Å². The fourth-order valence-electron chi connectivity index (χ4n) is 2.15. The van der Waals surface area contributed by atoms with Crippen molar-refractivity contribution in [1.29, 1.82) is 0 Å². The fraction of sp³-hybridized carbons (Fsp3) is 0.600. The van der Waals surface area contributed by atoms with E-state index >= 15 is 0 Å². The van der Waals surface area contributed by atoms with Gasteiger partial charge in [-0.2, -0.15) is 0 Å². The van der Waals surface area contributed by atoms with Gasteiger partial charge in [-0.15, -0.1) is 0 Å². The molecule has 1 heteroatoms. The van der Waals surface area contributed by atoms with Gasteiger partial charge in [0.2, 0.25) is 0 Å². The third-order valence-corrected chi connectivity index (χ3v) is 3.27. The van der Waals surface area contributed by atoms with Crippen molar-refractivity contribution in [2.45, 2.75) is 58.3 Å². The molecule has 0 atom stereocenters. The minimum atomic E-state index is 0.0199. The number of benzene rings is 1. The molecule has 0 aliphatic heterocycles. The maximum absolute atomic E-state index is 11.8. The third-order valence-electron chi connectivity index (χ3n) is 3.27. The highest BCUT2D eigenvalue weighted by molar-refractivity contribution is 5.37. The highest BCUT2D eigenvalue weighted by Crippen LogP contribution is 2.35. The largest absolute Gasteiger partial charge is 0.290 e. The molecule has 0 saturated heterocycles. The molecule has 0 aliphatic carbocycles. The average Bonchev–Trinajstić information content (AvgIpc) is 2.25. The Morgan fingerprint density at radius 3 is 2.38 bits per heavy atom. The smallest absolute Gasteiger partial charge is 0.182 e. The molecule has 0 bridgehead atoms. The molecular formula is C15H23O. The third kappa shape index (κ3) is 3.55. The summed E-state index contributed by atoms with van der Waals surface area (Å²) in [5.41, 5.74) is 0.984. The first kappa shape index (κ1) is 13.1. The zero-order valence-electron chi connectivity index (χ0n) is 10.8. The van der Waals surface area contributed by atoms with Crippen molar-refractivity contribution in [3.63, 3.8) is 0 Å². The summed E-state index contributed by atoms with van der Waals surface area (Å²) in [7, 11) is 0. The van der Waals surface area contributed by atoms with Crippen molar-refractivity contribution in [3.05, 3.63) is 29.8 Å². The summed E-state index contributed by atoms with van der Waals surface area (Å²) in [4.78, 5) is 0. The van der Waals surface area contributed by atoms with Crippen molar-refractivity contribution in [2.24, 2.45) is 0 Å². The Bertz CT molecular complexity index is 315. The number of hydrogen-bond acceptors (Lipinski definition) is 0. The number of rotatable bonds is 6. The summed E-state index contributed by atoms with van der Waals surface area (Å²) in [5, 5.41) is 11.8. The second-order valence-electron chi connectivity index (χ2n) is 5.19. The first-order chi connectivity index (χ1) is 7.58. The molecule has 0 spiro atoms. The Labute approximate surface area is 99.5 Å². The molecule has 0 amide bonds. The number of hydrogen-bond donors (Lipinski definition) is 0. The van der Waals surface area contributed by atoms with E-state index in [9.17, 15) is 5.11 Å². The van der Waals surface area contributed by atoms with Crippen molar-refractivity contribution in [2.75, 3.05) is 0 Å². The summed E-state index contributed by atoms with van der Waals surface area (Å²) in [6, 6.07) is 7.43. The van der Waals surface area contributed by atoms with Crippen molar-refractivity contribution < 1.29 is 5.11 Å². The van der Waals surface area contributed by atoms with Gasteiger partial charge in [-0.05, 0) is 17.9 Å². The van der Waals surface area contributed by atoms with Crippen molar-refractivity contribution in [3.8, 4) is 5.75 Å². The van der Waals surface area contributed by atoms with E-state index in [0.717, 1.165) is 12.0 Å². The zero-order valence-corrected chi connectivity index (χ0v) is 10.8. The number of para-hydroxylation sites is 1. The molecule has 1 radical (unpaired) electrons. The lowest BCUT2D eigenvalue weighted by Gasteiger charge is -2.25. The predicted octanol–water partition coefficient (Wildman–Crippen LogP) is 5.08. The SMILES string of the molecule is CCCCCCC(C)(C)c1ccccc1[O]. The quantitative estimate of drug-likeness (QED) is 0.595. The van der Waals surface area contributed by atoms with E-state index in [0.29, 0.717) is 0 Å². The lowest BCUT2D eigenvalue weighted by molar-refractivity contribution is 0.332. The van der Waals surface area contributed by atoms with Crippen LogP contribution >= 0.6 is 0 Å². The zero-order chi connectivity index (χ0) is 12.0. The Morgan fingerprint density at radius 1 is 1.06 bits per heavy atom. The van der Waals surface area contributed by atoms with Crippen LogP contribution in [-0.4, -0.2) is 0 Å². The van der Waals surface area contributed by atoms with Crippen LogP contribution in [0.2, 0.25) is 0 Å². The monoisotopic (exact) mass is 219 g/mol. The molecule has 1 nitrogen and oxygen atoms in total. The first-order valence-corrected chi connectivity index (χ1v) is 6.34. The molecule has 1 rings (SSSR count). The molecule has 1 aromatic carbocycles. The van der Waals surface area contributed by atoms with Gasteiger partial charge < -0.3 is 0 Å². The summed E-state index contributed by atoms with van der Waals surface area (Å²) in [5.74, 6) is 0.183. The van der Waals surface area contributed by atoms with Gasteiger partial charge >= 0.3 is 0 Å². The molecule has 0 unspecified atom stereocenters. The summed E-state index contributed by atoms with van der Waals surface area (Å²) in [6.45, 7) is 6.57. The summed E-state index contributed by atoms with van der Waals surface area (Å²) >= 11 is 0. The van der Waals surface area contributed by atoms with Gasteiger partial charge in [-0.3, -0.25) is 5.11 Å². The van der Waals surface area contributed by atoms with Gasteiger partial charge in [0.25, 0.3) is 0 Å². The molecule has 0 N–H and O–H groups in total. The fourth-order valence-corrected chi connectivity index (χ4v) is 2.15. The van der Waals surface area contributed by atoms with Crippen LogP contribution in [0.1, 0.15) is 58.4 Å². The van der Waals surface area contributed by atoms with Crippen LogP contribution in [0.15, 0.2) is 24.3 Å². The number of unbranched alkanes of at least 4 members (excludes halogenated alkanes) is 3. The average molecular weight is 219 g/mol. The van der Waals surface area contributed by atoms with Crippen LogP contribution in [0.3, 0.4) is 0 Å². The van der Waals surface area contributed by atoms with Crippen molar-refractivity contribution in [1.82, 2.24) is 0 Å². The topological polar surface area (TPSA) is 19.9 Å². The minimum absolute atomic E-state index is 0.0199. The molecule has 0 saturated carbocycles. The highest BCUT2D eigenvalue weighted by Gasteiger charge is 2.23. The van der Waals surface area contributed by atoms with Crippen molar-refractivity contribution >= 4 is 0 Å². The molecule has 0 fully saturated rings. The molecule has 16 heavy (non-hydrogen) atoms. The Hall–Kier alpha value is -0.980. The van der Waals surface area contributed by atoms with Crippen LogP contribution in [0, 0.1) is 0 Å². The van der Waals surface area contributed by atoms with E-state index in [1.807, 2.05) is 18.2 Å². The minimum Gasteiger partial charge on any atom is -0.290 e. The Kier molecular flexibility index (Phi) is 4.85. The Morgan fingerprint density at radius 2 is 1.75 bits per heavy atom. The van der Waals surface area contributed by atoms with Crippen LogP contribution in [0.4, 0.5) is 0 Å². The van der Waals surface area contributed by atoms with Gasteiger partial charge in [-0.25, -0.2) is 0 Å². The second kappa shape index (κ2) is 5.93. The van der Waals surface area contributed by atoms with Gasteiger partial charge in [0.1, 0.15) is 0 Å². The van der Waals surface area contributed by atoms with Crippen LogP contribution in [0.25, 0.3) is 0 Å². The van der Waals surface area contributed by atoms with Crippen LogP contribution in [0.5, 0.6) is 5.75 Å². The summed E-state index contributed by atoms with van der Waals surface area (Å²) < 4.78 is 0. The van der Waals surface area contributed by atoms with Crippen LogP contribution in [-0.2, 0) is 10.5 Å². The molecule has 0 heterocycles. The highest BCUT2D eigenvalue weighted by atomic mass is 16.3. The standard InChI is InChI=1S/C15H23O/c1-4-5-6-9-12-15(2,3)13-10-7-8-11-14(13)16/h7-8,10-11H,4-6,9,12H2,1-3H3. The van der Waals surface area contributed by atoms with E-state index in [-0.39, 0.29) is 11.2 Å². The molecular weight excluding hydrogens is 196 g/mol. The van der Waals surface area contributed by atoms with E-state index < -0.39 is 0 Å². The van der Waals surface area contributed by atoms with E-state index in [4.69, 9.17) is 0 Å². The normalized spacial score (nSPS) is 11.7. The van der Waals surface area contributed by atoms with E-state index in [1.54, 1.807) is 6.07 Å². The Balaban J connectivity index is 2.59. The molecule has 89 valence electrons. The maximum Gasteiger partial charge on any atom is 0.182 e. The lowest BCUT2D eigenvalue weighted by Crippen LogP contribution is -2.16. The summed E-state index contributed by atoms with van der Waals surface area (Å²) in [6.07, 6.45) is 6.16. The van der Waals surface area contributed by atoms with Gasteiger partial charge in [0, 0.05) is 5.56 Å². The molecule has 0 aliphatic rings. The van der Waals surface area contributed by atoms with Gasteiger partial charge in [0.05, 0.1) is 0 Å². The molecule has 1 aromatic rings.